The van der Waals surface area contributed by atoms with E-state index < -0.39 is 15.9 Å². The summed E-state index contributed by atoms with van der Waals surface area (Å²) in [6.45, 7) is 6.78. The van der Waals surface area contributed by atoms with Crippen molar-refractivity contribution < 1.29 is 21.8 Å². The van der Waals surface area contributed by atoms with Crippen LogP contribution in [-0.4, -0.2) is 31.9 Å². The molecule has 0 saturated carbocycles. The van der Waals surface area contributed by atoms with Gasteiger partial charge in [-0.3, -0.25) is 0 Å². The van der Waals surface area contributed by atoms with Crippen LogP contribution >= 0.6 is 0 Å². The highest BCUT2D eigenvalue weighted by atomic mass is 32.2. The number of carbonyl (C=O) groups excluding carboxylic acids is 1. The third-order valence-electron chi connectivity index (χ3n) is 4.30. The van der Waals surface area contributed by atoms with E-state index in [9.17, 15) is 17.6 Å². The van der Waals surface area contributed by atoms with Gasteiger partial charge < -0.3 is 14.4 Å². The lowest BCUT2D eigenvalue weighted by molar-refractivity contribution is 0.174. The Kier molecular flexibility index (Phi) is 7.39. The summed E-state index contributed by atoms with van der Waals surface area (Å²) in [6, 6.07) is 10.8. The van der Waals surface area contributed by atoms with Gasteiger partial charge in [-0.05, 0) is 62.2 Å². The van der Waals surface area contributed by atoms with Crippen molar-refractivity contribution in [1.82, 2.24) is 10.2 Å². The van der Waals surface area contributed by atoms with E-state index in [1.165, 1.54) is 12.1 Å². The van der Waals surface area contributed by atoms with Crippen molar-refractivity contribution in [1.29, 1.82) is 0 Å². The average Bonchev–Trinajstić information content (AvgIpc) is 2.67. The summed E-state index contributed by atoms with van der Waals surface area (Å²) >= 11 is 0. The van der Waals surface area contributed by atoms with Crippen LogP contribution in [0.25, 0.3) is 0 Å². The molecule has 8 heteroatoms. The first-order valence-electron chi connectivity index (χ1n) is 9.10. The van der Waals surface area contributed by atoms with Crippen LogP contribution in [0.4, 0.5) is 9.18 Å². The summed E-state index contributed by atoms with van der Waals surface area (Å²) < 4.78 is 42.6. The van der Waals surface area contributed by atoms with E-state index in [1.807, 2.05) is 20.8 Å². The predicted molar refractivity (Wildman–Crippen MR) is 105 cm³/mol. The molecule has 2 amide bonds. The summed E-state index contributed by atoms with van der Waals surface area (Å²) in [4.78, 5) is 13.9. The highest BCUT2D eigenvalue weighted by Gasteiger charge is 2.19. The van der Waals surface area contributed by atoms with E-state index in [2.05, 4.69) is 5.32 Å². The first kappa shape index (κ1) is 21.7. The predicted octanol–water partition coefficient (Wildman–Crippen LogP) is 3.92. The van der Waals surface area contributed by atoms with Gasteiger partial charge in [-0.15, -0.1) is 0 Å². The lowest BCUT2D eigenvalue weighted by Gasteiger charge is -2.28. The Hall–Kier alpha value is -2.61. The number of hydrogen-bond donors (Lipinski definition) is 1. The Morgan fingerprint density at radius 2 is 1.71 bits per heavy atom. The molecule has 2 aromatic rings. The average molecular weight is 408 g/mol. The van der Waals surface area contributed by atoms with Gasteiger partial charge in [0.05, 0.1) is 0 Å². The monoisotopic (exact) mass is 408 g/mol. The number of nitrogens with one attached hydrogen (secondary N) is 1. The van der Waals surface area contributed by atoms with E-state index in [1.54, 1.807) is 17.0 Å². The van der Waals surface area contributed by atoms with E-state index >= 15 is 0 Å². The minimum atomic E-state index is -4.05. The third-order valence-corrected chi connectivity index (χ3v) is 5.56. The van der Waals surface area contributed by atoms with E-state index in [-0.39, 0.29) is 22.7 Å². The van der Waals surface area contributed by atoms with Crippen LogP contribution in [0, 0.1) is 5.82 Å². The molecule has 0 unspecified atom stereocenters. The summed E-state index contributed by atoms with van der Waals surface area (Å²) in [5.74, 6) is -0.387. The van der Waals surface area contributed by atoms with Crippen molar-refractivity contribution in [3.8, 4) is 5.75 Å². The van der Waals surface area contributed by atoms with Gasteiger partial charge in [-0.2, -0.15) is 8.42 Å². The van der Waals surface area contributed by atoms with Crippen LogP contribution in [0.5, 0.6) is 5.75 Å². The molecule has 152 valence electrons. The van der Waals surface area contributed by atoms with Crippen LogP contribution in [0.2, 0.25) is 0 Å². The van der Waals surface area contributed by atoms with Crippen LogP contribution in [0.15, 0.2) is 53.4 Å². The number of hydrogen-bond acceptors (Lipinski definition) is 4. The normalized spacial score (nSPS) is 12.3. The molecular weight excluding hydrogens is 383 g/mol. The fraction of sp³-hybridized carbons (Fsp3) is 0.350. The zero-order valence-corrected chi connectivity index (χ0v) is 17.0. The quantitative estimate of drug-likeness (QED) is 0.672. The smallest absolute Gasteiger partial charge is 0.339 e. The number of halogens is 1. The van der Waals surface area contributed by atoms with E-state index in [4.69, 9.17) is 4.18 Å². The molecule has 0 heterocycles. The van der Waals surface area contributed by atoms with Gasteiger partial charge in [0.15, 0.2) is 0 Å². The molecule has 28 heavy (non-hydrogen) atoms. The second-order valence-corrected chi connectivity index (χ2v) is 7.90. The highest BCUT2D eigenvalue weighted by molar-refractivity contribution is 7.87. The number of benzene rings is 2. The Labute approximate surface area is 165 Å². The largest absolute Gasteiger partial charge is 0.379 e. The molecule has 1 atom stereocenters. The van der Waals surface area contributed by atoms with E-state index in [0.29, 0.717) is 13.1 Å². The van der Waals surface area contributed by atoms with Gasteiger partial charge in [-0.1, -0.05) is 19.1 Å². The molecule has 0 aliphatic heterocycles. The maximum Gasteiger partial charge on any atom is 0.339 e. The molecular formula is C20H25FN2O4S. The van der Waals surface area contributed by atoms with Gasteiger partial charge >= 0.3 is 16.1 Å². The van der Waals surface area contributed by atoms with Crippen molar-refractivity contribution in [2.24, 2.45) is 0 Å². The minimum Gasteiger partial charge on any atom is -0.379 e. The molecule has 0 aromatic heterocycles. The molecule has 2 rings (SSSR count). The lowest BCUT2D eigenvalue weighted by atomic mass is 10.1. The first-order valence-corrected chi connectivity index (χ1v) is 10.5. The standard InChI is InChI=1S/C20H25FN2O4S/c1-4-15(3)23(20(24)22-5-2)14-16-6-10-18(11-7-16)27-28(25,26)19-12-8-17(21)9-13-19/h6-13,15H,4-5,14H2,1-3H3,(H,22,24)/t15-/m0/s1. The Morgan fingerprint density at radius 3 is 2.25 bits per heavy atom. The fourth-order valence-corrected chi connectivity index (χ4v) is 3.45. The van der Waals surface area contributed by atoms with Gasteiger partial charge in [0.1, 0.15) is 16.5 Å². The second kappa shape index (κ2) is 9.54. The fourth-order valence-electron chi connectivity index (χ4n) is 2.52. The van der Waals surface area contributed by atoms with Crippen molar-refractivity contribution in [2.45, 2.75) is 44.7 Å². The first-order chi connectivity index (χ1) is 13.3. The van der Waals surface area contributed by atoms with Crippen molar-refractivity contribution >= 4 is 16.1 Å². The molecule has 0 radical (unpaired) electrons. The Morgan fingerprint density at radius 1 is 1.11 bits per heavy atom. The zero-order valence-electron chi connectivity index (χ0n) is 16.2. The van der Waals surface area contributed by atoms with Crippen molar-refractivity contribution in [3.05, 3.63) is 59.9 Å². The summed E-state index contributed by atoms with van der Waals surface area (Å²) in [5, 5.41) is 2.80. The van der Waals surface area contributed by atoms with Crippen LogP contribution in [0.1, 0.15) is 32.8 Å². The number of urea groups is 1. The number of carbonyl (C=O) groups is 1. The molecule has 0 bridgehead atoms. The summed E-state index contributed by atoms with van der Waals surface area (Å²) in [7, 11) is -4.05. The summed E-state index contributed by atoms with van der Waals surface area (Å²) in [6.07, 6.45) is 0.814. The molecule has 0 aliphatic rings. The van der Waals surface area contributed by atoms with Crippen molar-refractivity contribution in [3.63, 3.8) is 0 Å². The molecule has 0 fully saturated rings. The lowest BCUT2D eigenvalue weighted by Crippen LogP contribution is -2.44. The zero-order chi connectivity index (χ0) is 20.7. The molecule has 2 aromatic carbocycles. The SMILES string of the molecule is CCNC(=O)N(Cc1ccc(OS(=O)(=O)c2ccc(F)cc2)cc1)[C@@H](C)CC. The van der Waals surface area contributed by atoms with Gasteiger partial charge in [0.25, 0.3) is 0 Å². The molecule has 0 spiro atoms. The molecule has 0 saturated heterocycles. The van der Waals surface area contributed by atoms with Gasteiger partial charge in [0, 0.05) is 19.1 Å². The van der Waals surface area contributed by atoms with Gasteiger partial charge in [-0.25, -0.2) is 9.18 Å². The number of rotatable bonds is 8. The molecule has 1 N–H and O–H groups in total. The number of amides is 2. The summed E-state index contributed by atoms with van der Waals surface area (Å²) in [5.41, 5.74) is 0.845. The number of nitrogens with zero attached hydrogens (tertiary/aromatic N) is 1. The Bertz CT molecular complexity index is 883. The third kappa shape index (κ3) is 5.69. The van der Waals surface area contributed by atoms with Crippen molar-refractivity contribution in [2.75, 3.05) is 6.54 Å². The van der Waals surface area contributed by atoms with Crippen LogP contribution in [0.3, 0.4) is 0 Å². The second-order valence-electron chi connectivity index (χ2n) is 6.36. The highest BCUT2D eigenvalue weighted by Crippen LogP contribution is 2.20. The maximum atomic E-state index is 13.0. The molecule has 0 aliphatic carbocycles. The van der Waals surface area contributed by atoms with Crippen LogP contribution < -0.4 is 9.50 Å². The van der Waals surface area contributed by atoms with E-state index in [0.717, 1.165) is 36.2 Å². The van der Waals surface area contributed by atoms with Gasteiger partial charge in [0.2, 0.25) is 0 Å². The Balaban J connectivity index is 2.11. The topological polar surface area (TPSA) is 75.7 Å². The molecule has 6 nitrogen and oxygen atoms in total. The van der Waals surface area contributed by atoms with Crippen LogP contribution in [-0.2, 0) is 16.7 Å². The maximum absolute atomic E-state index is 13.0. The minimum absolute atomic E-state index is 0.0568.